The van der Waals surface area contributed by atoms with Gasteiger partial charge in [0.1, 0.15) is 0 Å². The van der Waals surface area contributed by atoms with Crippen molar-refractivity contribution in [3.05, 3.63) is 34.9 Å². The lowest BCUT2D eigenvalue weighted by Gasteiger charge is -2.32. The van der Waals surface area contributed by atoms with Crippen LogP contribution in [0.4, 0.5) is 4.79 Å². The van der Waals surface area contributed by atoms with Gasteiger partial charge in [-0.3, -0.25) is 0 Å². The summed E-state index contributed by atoms with van der Waals surface area (Å²) in [6.07, 6.45) is 2.87. The molecule has 1 aromatic carbocycles. The van der Waals surface area contributed by atoms with Crippen molar-refractivity contribution in [2.75, 3.05) is 26.3 Å². The zero-order chi connectivity index (χ0) is 16.2. The molecule has 3 atom stereocenters. The largest absolute Gasteiger partial charge is 0.394 e. The summed E-state index contributed by atoms with van der Waals surface area (Å²) in [5.41, 5.74) is 1.19. The Hall–Kier alpha value is -1.30. The predicted molar refractivity (Wildman–Crippen MR) is 88.8 cm³/mol. The molecule has 6 heteroatoms. The van der Waals surface area contributed by atoms with Gasteiger partial charge in [-0.05, 0) is 37.0 Å². The zero-order valence-corrected chi connectivity index (χ0v) is 13.8. The van der Waals surface area contributed by atoms with E-state index in [4.69, 9.17) is 21.4 Å². The molecule has 126 valence electrons. The Balaban J connectivity index is 1.48. The van der Waals surface area contributed by atoms with Crippen molar-refractivity contribution in [1.82, 2.24) is 10.2 Å². The second-order valence-corrected chi connectivity index (χ2v) is 6.69. The van der Waals surface area contributed by atoms with E-state index >= 15 is 0 Å². The molecule has 0 aromatic heterocycles. The van der Waals surface area contributed by atoms with Crippen LogP contribution >= 0.6 is 11.6 Å². The highest BCUT2D eigenvalue weighted by atomic mass is 35.5. The second kappa shape index (κ2) is 7.51. The molecule has 0 bridgehead atoms. The van der Waals surface area contributed by atoms with Gasteiger partial charge in [0.2, 0.25) is 0 Å². The van der Waals surface area contributed by atoms with Gasteiger partial charge in [0.25, 0.3) is 0 Å². The summed E-state index contributed by atoms with van der Waals surface area (Å²) < 4.78 is 5.55. The lowest BCUT2D eigenvalue weighted by Crippen LogP contribution is -2.48. The lowest BCUT2D eigenvalue weighted by molar-refractivity contribution is -0.00581. The number of rotatable bonds is 5. The number of carbonyl (C=O) groups excluding carboxylic acids is 1. The number of hydrogen-bond donors (Lipinski definition) is 2. The third kappa shape index (κ3) is 4.37. The van der Waals surface area contributed by atoms with Crippen LogP contribution in [-0.4, -0.2) is 54.5 Å². The number of nitrogens with zero attached hydrogens (tertiary/aromatic N) is 1. The number of aliphatic hydroxyl groups excluding tert-OH is 1. The fourth-order valence-corrected chi connectivity index (χ4v) is 3.39. The Morgan fingerprint density at radius 3 is 3.13 bits per heavy atom. The van der Waals surface area contributed by atoms with Crippen LogP contribution < -0.4 is 5.32 Å². The molecule has 1 saturated heterocycles. The van der Waals surface area contributed by atoms with Gasteiger partial charge in [0.15, 0.2) is 0 Å². The molecule has 1 heterocycles. The predicted octanol–water partition coefficient (Wildman–Crippen LogP) is 2.38. The number of ether oxygens (including phenoxy) is 1. The number of likely N-dealkylation sites (tertiary alicyclic amines) is 1. The molecule has 3 rings (SSSR count). The maximum atomic E-state index is 12.4. The summed E-state index contributed by atoms with van der Waals surface area (Å²) in [7, 11) is 0. The molecule has 0 unspecified atom stereocenters. The molecule has 2 aliphatic rings. The molecule has 5 nitrogen and oxygen atoms in total. The Morgan fingerprint density at radius 1 is 1.48 bits per heavy atom. The van der Waals surface area contributed by atoms with E-state index in [0.29, 0.717) is 19.1 Å². The molecule has 1 saturated carbocycles. The normalized spacial score (nSPS) is 26.9. The van der Waals surface area contributed by atoms with Gasteiger partial charge in [0, 0.05) is 30.1 Å². The first-order chi connectivity index (χ1) is 11.2. The number of nitrogens with one attached hydrogen (secondary N) is 1. The molecule has 0 spiro atoms. The topological polar surface area (TPSA) is 61.8 Å². The number of piperidine rings is 1. The number of urea groups is 1. The number of halogens is 1. The van der Waals surface area contributed by atoms with Gasteiger partial charge in [-0.1, -0.05) is 23.7 Å². The average molecular weight is 339 g/mol. The van der Waals surface area contributed by atoms with Gasteiger partial charge in [0.05, 0.1) is 19.3 Å². The minimum Gasteiger partial charge on any atom is -0.394 e. The van der Waals surface area contributed by atoms with Gasteiger partial charge < -0.3 is 20.1 Å². The van der Waals surface area contributed by atoms with Gasteiger partial charge in [-0.25, -0.2) is 4.79 Å². The Bertz CT molecular complexity index is 554. The van der Waals surface area contributed by atoms with Crippen LogP contribution in [0, 0.1) is 0 Å². The summed E-state index contributed by atoms with van der Waals surface area (Å²) in [5.74, 6) is 0.365. The molecule has 2 N–H and O–H groups in total. The SMILES string of the molecule is O=C(N[C@@H]1C[C@H]1c1cccc(Cl)c1)N1CCC[C@@H](OCCO)C1. The van der Waals surface area contributed by atoms with Crippen molar-refractivity contribution in [2.24, 2.45) is 0 Å². The Kier molecular flexibility index (Phi) is 5.41. The smallest absolute Gasteiger partial charge is 0.317 e. The third-order valence-corrected chi connectivity index (χ3v) is 4.72. The van der Waals surface area contributed by atoms with Crippen LogP contribution in [0.1, 0.15) is 30.7 Å². The van der Waals surface area contributed by atoms with Crippen LogP contribution in [0.5, 0.6) is 0 Å². The highest BCUT2D eigenvalue weighted by Gasteiger charge is 2.40. The van der Waals surface area contributed by atoms with E-state index in [-0.39, 0.29) is 24.8 Å². The van der Waals surface area contributed by atoms with E-state index in [0.717, 1.165) is 30.8 Å². The van der Waals surface area contributed by atoms with Crippen LogP contribution in [0.3, 0.4) is 0 Å². The highest BCUT2D eigenvalue weighted by Crippen LogP contribution is 2.41. The fourth-order valence-electron chi connectivity index (χ4n) is 3.19. The van der Waals surface area contributed by atoms with Crippen LogP contribution in [-0.2, 0) is 4.74 Å². The molecular weight excluding hydrogens is 316 g/mol. The summed E-state index contributed by atoms with van der Waals surface area (Å²) >= 11 is 6.02. The summed E-state index contributed by atoms with van der Waals surface area (Å²) in [5, 5.41) is 12.7. The number of aliphatic hydroxyl groups is 1. The van der Waals surface area contributed by atoms with E-state index in [1.54, 1.807) is 0 Å². The number of hydrogen-bond acceptors (Lipinski definition) is 3. The fraction of sp³-hybridized carbons (Fsp3) is 0.588. The number of amides is 2. The van der Waals surface area contributed by atoms with Crippen molar-refractivity contribution < 1.29 is 14.6 Å². The number of benzene rings is 1. The van der Waals surface area contributed by atoms with E-state index in [9.17, 15) is 4.79 Å². The van der Waals surface area contributed by atoms with Gasteiger partial charge in [-0.2, -0.15) is 0 Å². The van der Waals surface area contributed by atoms with E-state index in [1.165, 1.54) is 5.56 Å². The first-order valence-corrected chi connectivity index (χ1v) is 8.58. The van der Waals surface area contributed by atoms with Crippen molar-refractivity contribution in [2.45, 2.75) is 37.3 Å². The average Bonchev–Trinajstić information content (AvgIpc) is 3.32. The summed E-state index contributed by atoms with van der Waals surface area (Å²) in [6.45, 7) is 1.71. The van der Waals surface area contributed by atoms with E-state index < -0.39 is 0 Å². The van der Waals surface area contributed by atoms with Crippen LogP contribution in [0.15, 0.2) is 24.3 Å². The highest BCUT2D eigenvalue weighted by molar-refractivity contribution is 6.30. The lowest BCUT2D eigenvalue weighted by atomic mass is 10.1. The molecule has 2 amide bonds. The van der Waals surface area contributed by atoms with Crippen molar-refractivity contribution in [1.29, 1.82) is 0 Å². The monoisotopic (exact) mass is 338 g/mol. The molecule has 1 aromatic rings. The zero-order valence-electron chi connectivity index (χ0n) is 13.1. The maximum absolute atomic E-state index is 12.4. The number of carbonyl (C=O) groups is 1. The van der Waals surface area contributed by atoms with Crippen LogP contribution in [0.2, 0.25) is 5.02 Å². The summed E-state index contributed by atoms with van der Waals surface area (Å²) in [6, 6.07) is 8.01. The van der Waals surface area contributed by atoms with Gasteiger partial charge in [-0.15, -0.1) is 0 Å². The minimum absolute atomic E-state index is 0.0168. The van der Waals surface area contributed by atoms with Gasteiger partial charge >= 0.3 is 6.03 Å². The van der Waals surface area contributed by atoms with Crippen molar-refractivity contribution in [3.63, 3.8) is 0 Å². The molecule has 0 radical (unpaired) electrons. The quantitative estimate of drug-likeness (QED) is 0.866. The van der Waals surface area contributed by atoms with E-state index in [1.807, 2.05) is 23.1 Å². The molecule has 1 aliphatic carbocycles. The first kappa shape index (κ1) is 16.6. The first-order valence-electron chi connectivity index (χ1n) is 8.20. The maximum Gasteiger partial charge on any atom is 0.317 e. The standard InChI is InChI=1S/C17H23ClN2O3/c18-13-4-1-3-12(9-13)15-10-16(15)19-17(22)20-6-2-5-14(11-20)23-8-7-21/h1,3-4,9,14-16,21H,2,5-8,10-11H2,(H,19,22)/t14-,15+,16-/m1/s1. The molecule has 2 fully saturated rings. The molecule has 23 heavy (non-hydrogen) atoms. The van der Waals surface area contributed by atoms with Crippen molar-refractivity contribution >= 4 is 17.6 Å². The van der Waals surface area contributed by atoms with Crippen molar-refractivity contribution in [3.8, 4) is 0 Å². The molecule has 1 aliphatic heterocycles. The summed E-state index contributed by atoms with van der Waals surface area (Å²) in [4.78, 5) is 14.2. The van der Waals surface area contributed by atoms with E-state index in [2.05, 4.69) is 11.4 Å². The minimum atomic E-state index is -0.0168. The van der Waals surface area contributed by atoms with Crippen LogP contribution in [0.25, 0.3) is 0 Å². The molecular formula is C17H23ClN2O3. The second-order valence-electron chi connectivity index (χ2n) is 6.26. The Morgan fingerprint density at radius 2 is 2.35 bits per heavy atom. The Labute approximate surface area is 141 Å². The third-order valence-electron chi connectivity index (χ3n) is 4.49.